The van der Waals surface area contributed by atoms with E-state index in [2.05, 4.69) is 15.6 Å². The van der Waals surface area contributed by atoms with Gasteiger partial charge in [-0.1, -0.05) is 18.9 Å². The molecule has 0 radical (unpaired) electrons. The van der Waals surface area contributed by atoms with Crippen LogP contribution in [0.1, 0.15) is 65.1 Å². The molecule has 1 aliphatic carbocycles. The standard InChI is InChI=1S/C17H21N5O3/c1-2-25-14-12(15(18)23)8-5-9-13(14)17(24)21-22-10-19-20-16(22)11-6-3-4-7-11/h5,8-11H,2-4,6-7H2,1H3,(H2,18,23)(H,21,24). The molecule has 0 bridgehead atoms. The van der Waals surface area contributed by atoms with Gasteiger partial charge in [-0.05, 0) is 31.9 Å². The first-order chi connectivity index (χ1) is 12.1. The highest BCUT2D eigenvalue weighted by Gasteiger charge is 2.24. The molecule has 0 aliphatic heterocycles. The molecular weight excluding hydrogens is 322 g/mol. The molecule has 8 heteroatoms. The van der Waals surface area contributed by atoms with Crippen molar-refractivity contribution in [2.75, 3.05) is 12.0 Å². The molecule has 3 rings (SSSR count). The van der Waals surface area contributed by atoms with Gasteiger partial charge in [0.05, 0.1) is 17.7 Å². The lowest BCUT2D eigenvalue weighted by Crippen LogP contribution is -2.26. The monoisotopic (exact) mass is 343 g/mol. The van der Waals surface area contributed by atoms with Crippen LogP contribution in [-0.2, 0) is 0 Å². The van der Waals surface area contributed by atoms with Crippen LogP contribution in [0.25, 0.3) is 0 Å². The summed E-state index contributed by atoms with van der Waals surface area (Å²) >= 11 is 0. The Hall–Kier alpha value is -2.90. The van der Waals surface area contributed by atoms with Gasteiger partial charge in [-0.3, -0.25) is 15.0 Å². The first-order valence-corrected chi connectivity index (χ1v) is 8.38. The Morgan fingerprint density at radius 1 is 1.32 bits per heavy atom. The smallest absolute Gasteiger partial charge is 0.273 e. The lowest BCUT2D eigenvalue weighted by atomic mass is 10.1. The summed E-state index contributed by atoms with van der Waals surface area (Å²) in [4.78, 5) is 24.3. The number of nitrogens with two attached hydrogens (primary N) is 1. The SMILES string of the molecule is CCOc1c(C(N)=O)cccc1C(=O)Nn1cnnc1C1CCCC1. The van der Waals surface area contributed by atoms with Gasteiger partial charge in [0, 0.05) is 5.92 Å². The van der Waals surface area contributed by atoms with Gasteiger partial charge < -0.3 is 10.5 Å². The summed E-state index contributed by atoms with van der Waals surface area (Å²) in [7, 11) is 0. The second kappa shape index (κ2) is 7.33. The maximum atomic E-state index is 12.7. The van der Waals surface area contributed by atoms with Crippen LogP contribution in [0.3, 0.4) is 0 Å². The maximum absolute atomic E-state index is 12.7. The van der Waals surface area contributed by atoms with E-state index in [1.807, 2.05) is 0 Å². The van der Waals surface area contributed by atoms with Crippen molar-refractivity contribution < 1.29 is 14.3 Å². The van der Waals surface area contributed by atoms with Crippen LogP contribution in [-0.4, -0.2) is 33.3 Å². The van der Waals surface area contributed by atoms with Crippen molar-refractivity contribution in [3.05, 3.63) is 41.5 Å². The summed E-state index contributed by atoms with van der Waals surface area (Å²) in [5.74, 6) is 0.172. The van der Waals surface area contributed by atoms with Gasteiger partial charge in [-0.15, -0.1) is 10.2 Å². The molecule has 2 aromatic rings. The van der Waals surface area contributed by atoms with Crippen LogP contribution >= 0.6 is 0 Å². The predicted octanol–water partition coefficient (Wildman–Crippen LogP) is 1.82. The number of benzene rings is 1. The third kappa shape index (κ3) is 3.47. The number of hydrogen-bond acceptors (Lipinski definition) is 5. The van der Waals surface area contributed by atoms with Gasteiger partial charge in [0.15, 0.2) is 5.82 Å². The van der Waals surface area contributed by atoms with E-state index in [9.17, 15) is 9.59 Å². The number of ether oxygens (including phenoxy) is 1. The molecule has 1 saturated carbocycles. The summed E-state index contributed by atoms with van der Waals surface area (Å²) in [5, 5.41) is 8.05. The number of amides is 2. The van der Waals surface area contributed by atoms with Crippen molar-refractivity contribution in [1.29, 1.82) is 0 Å². The molecule has 0 saturated heterocycles. The zero-order chi connectivity index (χ0) is 17.8. The third-order valence-corrected chi connectivity index (χ3v) is 4.33. The fraction of sp³-hybridized carbons (Fsp3) is 0.412. The fourth-order valence-electron chi connectivity index (χ4n) is 3.17. The molecule has 132 valence electrons. The molecule has 3 N–H and O–H groups in total. The van der Waals surface area contributed by atoms with E-state index in [0.29, 0.717) is 12.5 Å². The number of rotatable bonds is 6. The quantitative estimate of drug-likeness (QED) is 0.831. The second-order valence-corrected chi connectivity index (χ2v) is 5.96. The van der Waals surface area contributed by atoms with Gasteiger partial charge in [-0.25, -0.2) is 4.68 Å². The molecule has 25 heavy (non-hydrogen) atoms. The van der Waals surface area contributed by atoms with E-state index in [-0.39, 0.29) is 16.9 Å². The van der Waals surface area contributed by atoms with Crippen LogP contribution < -0.4 is 15.9 Å². The van der Waals surface area contributed by atoms with Crippen molar-refractivity contribution in [3.63, 3.8) is 0 Å². The molecule has 1 aromatic carbocycles. The van der Waals surface area contributed by atoms with E-state index in [4.69, 9.17) is 10.5 Å². The van der Waals surface area contributed by atoms with E-state index in [1.165, 1.54) is 12.4 Å². The number of aromatic nitrogens is 3. The van der Waals surface area contributed by atoms with Crippen LogP contribution in [0.15, 0.2) is 24.5 Å². The van der Waals surface area contributed by atoms with Gasteiger partial charge >= 0.3 is 0 Å². The van der Waals surface area contributed by atoms with Gasteiger partial charge in [0.25, 0.3) is 11.8 Å². The fourth-order valence-corrected chi connectivity index (χ4v) is 3.17. The average molecular weight is 343 g/mol. The largest absolute Gasteiger partial charge is 0.492 e. The molecule has 2 amide bonds. The minimum atomic E-state index is -0.644. The Labute approximate surface area is 145 Å². The van der Waals surface area contributed by atoms with E-state index in [1.54, 1.807) is 23.7 Å². The molecule has 0 atom stereocenters. The first-order valence-electron chi connectivity index (χ1n) is 8.38. The second-order valence-electron chi connectivity index (χ2n) is 5.96. The molecular formula is C17H21N5O3. The number of primary amides is 1. The van der Waals surface area contributed by atoms with E-state index in [0.717, 1.165) is 31.5 Å². The van der Waals surface area contributed by atoms with Crippen molar-refractivity contribution in [3.8, 4) is 5.75 Å². The Balaban J connectivity index is 1.88. The highest BCUT2D eigenvalue weighted by Crippen LogP contribution is 2.32. The summed E-state index contributed by atoms with van der Waals surface area (Å²) in [5.41, 5.74) is 8.57. The minimum absolute atomic E-state index is 0.175. The lowest BCUT2D eigenvalue weighted by molar-refractivity contribution is 0.0996. The predicted molar refractivity (Wildman–Crippen MR) is 91.1 cm³/mol. The third-order valence-electron chi connectivity index (χ3n) is 4.33. The normalized spacial score (nSPS) is 14.4. The Bertz CT molecular complexity index is 780. The van der Waals surface area contributed by atoms with E-state index >= 15 is 0 Å². The highest BCUT2D eigenvalue weighted by atomic mass is 16.5. The van der Waals surface area contributed by atoms with Gasteiger partial charge in [0.2, 0.25) is 0 Å². The molecule has 1 fully saturated rings. The van der Waals surface area contributed by atoms with Crippen molar-refractivity contribution >= 4 is 11.8 Å². The number of carbonyl (C=O) groups is 2. The van der Waals surface area contributed by atoms with Crippen LogP contribution in [0.4, 0.5) is 0 Å². The zero-order valence-corrected chi connectivity index (χ0v) is 14.1. The van der Waals surface area contributed by atoms with Crippen LogP contribution in [0.5, 0.6) is 5.75 Å². The van der Waals surface area contributed by atoms with Crippen molar-refractivity contribution in [2.24, 2.45) is 5.73 Å². The summed E-state index contributed by atoms with van der Waals surface area (Å²) in [6, 6.07) is 4.72. The molecule has 1 aliphatic rings. The van der Waals surface area contributed by atoms with Crippen LogP contribution in [0, 0.1) is 0 Å². The van der Waals surface area contributed by atoms with Gasteiger partial charge in [-0.2, -0.15) is 0 Å². The number of hydrogen-bond donors (Lipinski definition) is 2. The summed E-state index contributed by atoms with van der Waals surface area (Å²) in [6.07, 6.45) is 5.86. The maximum Gasteiger partial charge on any atom is 0.273 e. The number of para-hydroxylation sites is 1. The first kappa shape index (κ1) is 16.9. The number of nitrogens with zero attached hydrogens (tertiary/aromatic N) is 3. The summed E-state index contributed by atoms with van der Waals surface area (Å²) in [6.45, 7) is 2.09. The van der Waals surface area contributed by atoms with Crippen LogP contribution in [0.2, 0.25) is 0 Å². The molecule has 0 unspecified atom stereocenters. The van der Waals surface area contributed by atoms with Gasteiger partial charge in [0.1, 0.15) is 12.1 Å². The average Bonchev–Trinajstić information content (AvgIpc) is 3.26. The minimum Gasteiger partial charge on any atom is -0.492 e. The van der Waals surface area contributed by atoms with Crippen molar-refractivity contribution in [2.45, 2.75) is 38.5 Å². The van der Waals surface area contributed by atoms with E-state index < -0.39 is 11.8 Å². The van der Waals surface area contributed by atoms with Crippen molar-refractivity contribution in [1.82, 2.24) is 14.9 Å². The lowest BCUT2D eigenvalue weighted by Gasteiger charge is -2.15. The number of carbonyl (C=O) groups excluding carboxylic acids is 2. The zero-order valence-electron chi connectivity index (χ0n) is 14.1. The Kier molecular flexibility index (Phi) is 4.97. The Morgan fingerprint density at radius 2 is 2.04 bits per heavy atom. The molecule has 0 spiro atoms. The number of nitrogens with one attached hydrogen (secondary N) is 1. The Morgan fingerprint density at radius 3 is 2.72 bits per heavy atom. The molecule has 1 heterocycles. The molecule has 8 nitrogen and oxygen atoms in total. The summed E-state index contributed by atoms with van der Waals surface area (Å²) < 4.78 is 7.04. The topological polar surface area (TPSA) is 112 Å². The highest BCUT2D eigenvalue weighted by molar-refractivity contribution is 6.06. The molecule has 1 aromatic heterocycles.